The minimum Gasteiger partial charge on any atom is -0.371 e. The summed E-state index contributed by atoms with van der Waals surface area (Å²) in [4.78, 5) is 31.6. The Morgan fingerprint density at radius 2 is 2.05 bits per heavy atom. The highest BCUT2D eigenvalue weighted by molar-refractivity contribution is 6.17. The molecular weight excluding hydrogens is 258 g/mol. The van der Waals surface area contributed by atoms with Crippen LogP contribution in [0.5, 0.6) is 0 Å². The Bertz CT molecular complexity index is 490. The Kier molecular flexibility index (Phi) is 2.60. The SMILES string of the molecule is O=C1N(OCC2CO2)C2(C=CCC2)C(=O)C12CCCC2. The lowest BCUT2D eigenvalue weighted by molar-refractivity contribution is -0.205. The predicted molar refractivity (Wildman–Crippen MR) is 69.6 cm³/mol. The molecular formula is C15H19NO4. The molecule has 5 heteroatoms. The van der Waals surface area contributed by atoms with Crippen molar-refractivity contribution in [1.29, 1.82) is 0 Å². The van der Waals surface area contributed by atoms with Gasteiger partial charge in [-0.2, -0.15) is 0 Å². The monoisotopic (exact) mass is 277 g/mol. The van der Waals surface area contributed by atoms with E-state index in [1.54, 1.807) is 0 Å². The van der Waals surface area contributed by atoms with Gasteiger partial charge in [0, 0.05) is 0 Å². The Labute approximate surface area is 117 Å². The van der Waals surface area contributed by atoms with Crippen LogP contribution in [0.15, 0.2) is 12.2 Å². The first-order valence-electron chi connectivity index (χ1n) is 7.51. The van der Waals surface area contributed by atoms with E-state index in [0.717, 1.165) is 19.3 Å². The highest BCUT2D eigenvalue weighted by Crippen LogP contribution is 2.53. The maximum atomic E-state index is 13.0. The fraction of sp³-hybridized carbons (Fsp3) is 0.733. The van der Waals surface area contributed by atoms with Crippen LogP contribution in [0.25, 0.3) is 0 Å². The number of Topliss-reactive ketones (excluding diaryl/α,β-unsaturated/α-hetero) is 1. The molecule has 2 unspecified atom stereocenters. The average Bonchev–Trinajstić information content (AvgIpc) is 2.92. The van der Waals surface area contributed by atoms with E-state index in [1.165, 1.54) is 5.06 Å². The molecule has 4 rings (SSSR count). The third-order valence-electron chi connectivity index (χ3n) is 5.12. The van der Waals surface area contributed by atoms with E-state index in [2.05, 4.69) is 0 Å². The van der Waals surface area contributed by atoms with E-state index in [-0.39, 0.29) is 17.8 Å². The van der Waals surface area contributed by atoms with Gasteiger partial charge in [0.25, 0.3) is 5.91 Å². The van der Waals surface area contributed by atoms with Gasteiger partial charge in [0.1, 0.15) is 23.7 Å². The molecule has 2 heterocycles. The van der Waals surface area contributed by atoms with Crippen molar-refractivity contribution in [3.63, 3.8) is 0 Å². The topological polar surface area (TPSA) is 59.1 Å². The van der Waals surface area contributed by atoms with Crippen molar-refractivity contribution in [1.82, 2.24) is 5.06 Å². The first-order valence-corrected chi connectivity index (χ1v) is 7.51. The third kappa shape index (κ3) is 1.50. The first kappa shape index (κ1) is 12.5. The maximum Gasteiger partial charge on any atom is 0.261 e. The first-order chi connectivity index (χ1) is 9.69. The molecule has 0 radical (unpaired) electrons. The Balaban J connectivity index is 1.68. The molecule has 0 bridgehead atoms. The molecule has 3 fully saturated rings. The highest BCUT2D eigenvalue weighted by Gasteiger charge is 2.67. The van der Waals surface area contributed by atoms with Gasteiger partial charge in [0.2, 0.25) is 0 Å². The Hall–Kier alpha value is -1.20. The summed E-state index contributed by atoms with van der Waals surface area (Å²) < 4.78 is 5.13. The lowest BCUT2D eigenvalue weighted by Gasteiger charge is -2.30. The molecule has 1 amide bonds. The average molecular weight is 277 g/mol. The summed E-state index contributed by atoms with van der Waals surface area (Å²) in [6, 6.07) is 0. The van der Waals surface area contributed by atoms with Crippen molar-refractivity contribution in [3.8, 4) is 0 Å². The quantitative estimate of drug-likeness (QED) is 0.444. The normalized spacial score (nSPS) is 37.8. The van der Waals surface area contributed by atoms with Crippen LogP contribution < -0.4 is 0 Å². The molecule has 0 aromatic rings. The van der Waals surface area contributed by atoms with Crippen molar-refractivity contribution in [3.05, 3.63) is 12.2 Å². The molecule has 2 aliphatic carbocycles. The Morgan fingerprint density at radius 3 is 2.65 bits per heavy atom. The molecule has 1 saturated carbocycles. The summed E-state index contributed by atoms with van der Waals surface area (Å²) in [7, 11) is 0. The van der Waals surface area contributed by atoms with Gasteiger partial charge in [0.15, 0.2) is 5.78 Å². The van der Waals surface area contributed by atoms with Crippen LogP contribution in [0.2, 0.25) is 0 Å². The summed E-state index contributed by atoms with van der Waals surface area (Å²) in [5.41, 5.74) is -1.64. The summed E-state index contributed by atoms with van der Waals surface area (Å²) in [6.45, 7) is 1.05. The second kappa shape index (κ2) is 4.15. The maximum absolute atomic E-state index is 13.0. The largest absolute Gasteiger partial charge is 0.371 e. The molecule has 2 spiro atoms. The van der Waals surface area contributed by atoms with Gasteiger partial charge in [-0.05, 0) is 25.7 Å². The van der Waals surface area contributed by atoms with E-state index in [9.17, 15) is 9.59 Å². The molecule has 2 saturated heterocycles. The lowest BCUT2D eigenvalue weighted by Crippen LogP contribution is -2.47. The van der Waals surface area contributed by atoms with Crippen molar-refractivity contribution in [2.75, 3.05) is 13.2 Å². The minimum absolute atomic E-state index is 0.0676. The smallest absolute Gasteiger partial charge is 0.261 e. The fourth-order valence-electron chi connectivity index (χ4n) is 3.92. The minimum atomic E-state index is -0.837. The molecule has 20 heavy (non-hydrogen) atoms. The number of ether oxygens (including phenoxy) is 1. The Morgan fingerprint density at radius 1 is 1.30 bits per heavy atom. The number of rotatable bonds is 3. The second-order valence-corrected chi connectivity index (χ2v) is 6.33. The summed E-state index contributed by atoms with van der Waals surface area (Å²) >= 11 is 0. The van der Waals surface area contributed by atoms with Crippen LogP contribution in [-0.2, 0) is 19.2 Å². The molecule has 4 aliphatic rings. The van der Waals surface area contributed by atoms with Crippen LogP contribution >= 0.6 is 0 Å². The molecule has 2 aliphatic heterocycles. The molecule has 108 valence electrons. The number of hydroxylamine groups is 2. The summed E-state index contributed by atoms with van der Waals surface area (Å²) in [5, 5.41) is 1.39. The molecule has 2 atom stereocenters. The van der Waals surface area contributed by atoms with Gasteiger partial charge in [0.05, 0.1) is 6.61 Å². The standard InChI is InChI=1S/C15H19NO4/c17-12-14(5-1-2-6-14)13(18)16(20-10-11-9-19-11)15(12)7-3-4-8-15/h3,7,11H,1-2,4-6,8-10H2. The molecule has 0 aromatic heterocycles. The van der Waals surface area contributed by atoms with Gasteiger partial charge in [-0.15, -0.1) is 0 Å². The zero-order chi connectivity index (χ0) is 13.8. The van der Waals surface area contributed by atoms with E-state index in [4.69, 9.17) is 9.57 Å². The van der Waals surface area contributed by atoms with Crippen LogP contribution in [0, 0.1) is 5.41 Å². The molecule has 0 aromatic carbocycles. The third-order valence-corrected chi connectivity index (χ3v) is 5.12. The van der Waals surface area contributed by atoms with Crippen molar-refractivity contribution >= 4 is 11.7 Å². The lowest BCUT2D eigenvalue weighted by atomic mass is 9.77. The zero-order valence-electron chi connectivity index (χ0n) is 11.5. The zero-order valence-corrected chi connectivity index (χ0v) is 11.5. The van der Waals surface area contributed by atoms with Crippen LogP contribution in [0.1, 0.15) is 38.5 Å². The van der Waals surface area contributed by atoms with Crippen molar-refractivity contribution in [2.45, 2.75) is 50.2 Å². The van der Waals surface area contributed by atoms with Crippen LogP contribution in [0.4, 0.5) is 0 Å². The van der Waals surface area contributed by atoms with Gasteiger partial charge in [-0.3, -0.25) is 14.4 Å². The van der Waals surface area contributed by atoms with Gasteiger partial charge >= 0.3 is 0 Å². The fourth-order valence-corrected chi connectivity index (χ4v) is 3.92. The summed E-state index contributed by atoms with van der Waals surface area (Å²) in [5.74, 6) is -0.0508. The number of amides is 1. The number of nitrogens with zero attached hydrogens (tertiary/aromatic N) is 1. The molecule has 5 nitrogen and oxygen atoms in total. The number of epoxide rings is 1. The van der Waals surface area contributed by atoms with E-state index < -0.39 is 11.0 Å². The second-order valence-electron chi connectivity index (χ2n) is 6.33. The summed E-state index contributed by atoms with van der Waals surface area (Å²) in [6.07, 6.45) is 8.71. The number of hydrogen-bond donors (Lipinski definition) is 0. The number of allylic oxidation sites excluding steroid dienone is 1. The highest BCUT2D eigenvalue weighted by atomic mass is 16.7. The van der Waals surface area contributed by atoms with Gasteiger partial charge in [-0.25, -0.2) is 5.06 Å². The van der Waals surface area contributed by atoms with Gasteiger partial charge in [-0.1, -0.05) is 25.0 Å². The number of carbonyl (C=O) groups is 2. The van der Waals surface area contributed by atoms with Crippen molar-refractivity contribution < 1.29 is 19.2 Å². The van der Waals surface area contributed by atoms with Gasteiger partial charge < -0.3 is 4.74 Å². The molecule has 0 N–H and O–H groups in total. The van der Waals surface area contributed by atoms with Crippen LogP contribution in [0.3, 0.4) is 0 Å². The van der Waals surface area contributed by atoms with Crippen molar-refractivity contribution in [2.24, 2.45) is 5.41 Å². The van der Waals surface area contributed by atoms with Crippen LogP contribution in [-0.4, -0.2) is 41.6 Å². The number of hydrogen-bond acceptors (Lipinski definition) is 4. The predicted octanol–water partition coefficient (Wildman–Crippen LogP) is 1.38. The van der Waals surface area contributed by atoms with E-state index in [1.807, 2.05) is 12.2 Å². The van der Waals surface area contributed by atoms with E-state index >= 15 is 0 Å². The number of ketones is 1. The van der Waals surface area contributed by atoms with E-state index in [0.29, 0.717) is 32.5 Å². The number of carbonyl (C=O) groups excluding carboxylic acids is 2.